The van der Waals surface area contributed by atoms with Gasteiger partial charge in [-0.3, -0.25) is 14.9 Å². The fourth-order valence-electron chi connectivity index (χ4n) is 4.12. The maximum absolute atomic E-state index is 12.7. The summed E-state index contributed by atoms with van der Waals surface area (Å²) in [6, 6.07) is 22.7. The number of hydrogen-bond acceptors (Lipinski definition) is 7. The summed E-state index contributed by atoms with van der Waals surface area (Å²) < 4.78 is 6.27. The molecule has 0 radical (unpaired) electrons. The standard InChI is InChI=1S/C29H25N5O4/c1-18(2)16-30-27-25-24(19-7-4-3-5-8-19)26(38-29(25)32-17-31-27)20-11-13-22(14-12-20)33-28(35)21-9-6-10-23(15-21)34(36)37/h3-15,17-18H,16H2,1-2H3,(H,33,35)(H,30,31,32). The third-order valence-corrected chi connectivity index (χ3v) is 5.95. The highest BCUT2D eigenvalue weighted by atomic mass is 16.6. The summed E-state index contributed by atoms with van der Waals surface area (Å²) in [4.78, 5) is 32.1. The molecule has 38 heavy (non-hydrogen) atoms. The van der Waals surface area contributed by atoms with Gasteiger partial charge in [0.05, 0.1) is 10.3 Å². The van der Waals surface area contributed by atoms with E-state index >= 15 is 0 Å². The van der Waals surface area contributed by atoms with E-state index in [4.69, 9.17) is 4.42 Å². The lowest BCUT2D eigenvalue weighted by Gasteiger charge is -2.10. The number of hydrogen-bond donors (Lipinski definition) is 2. The molecule has 0 fully saturated rings. The van der Waals surface area contributed by atoms with Crippen LogP contribution in [0.3, 0.4) is 0 Å². The molecule has 3 aromatic carbocycles. The number of nitro benzene ring substituents is 1. The molecule has 2 heterocycles. The molecule has 5 rings (SSSR count). The first kappa shape index (κ1) is 24.6. The van der Waals surface area contributed by atoms with Crippen molar-refractivity contribution in [3.63, 3.8) is 0 Å². The number of carbonyl (C=O) groups excluding carboxylic acids is 1. The van der Waals surface area contributed by atoms with Gasteiger partial charge in [-0.15, -0.1) is 0 Å². The van der Waals surface area contributed by atoms with Gasteiger partial charge in [-0.05, 0) is 41.8 Å². The Kier molecular flexibility index (Phi) is 6.82. The predicted octanol–water partition coefficient (Wildman–Crippen LogP) is 6.79. The van der Waals surface area contributed by atoms with Crippen molar-refractivity contribution in [2.75, 3.05) is 17.2 Å². The fraction of sp³-hybridized carbons (Fsp3) is 0.138. The van der Waals surface area contributed by atoms with Crippen LogP contribution in [0.5, 0.6) is 0 Å². The fourth-order valence-corrected chi connectivity index (χ4v) is 4.12. The predicted molar refractivity (Wildman–Crippen MR) is 147 cm³/mol. The van der Waals surface area contributed by atoms with Crippen LogP contribution in [0.15, 0.2) is 89.6 Å². The minimum absolute atomic E-state index is 0.142. The first-order valence-corrected chi connectivity index (χ1v) is 12.1. The molecule has 9 nitrogen and oxygen atoms in total. The van der Waals surface area contributed by atoms with Crippen LogP contribution in [0.2, 0.25) is 0 Å². The van der Waals surface area contributed by atoms with E-state index in [0.29, 0.717) is 28.9 Å². The highest BCUT2D eigenvalue weighted by Gasteiger charge is 2.22. The zero-order chi connectivity index (χ0) is 26.6. The average molecular weight is 508 g/mol. The Morgan fingerprint density at radius 1 is 0.974 bits per heavy atom. The zero-order valence-electron chi connectivity index (χ0n) is 20.8. The lowest BCUT2D eigenvalue weighted by molar-refractivity contribution is -0.384. The summed E-state index contributed by atoms with van der Waals surface area (Å²) in [7, 11) is 0. The molecule has 0 bridgehead atoms. The van der Waals surface area contributed by atoms with E-state index in [2.05, 4.69) is 34.4 Å². The van der Waals surface area contributed by atoms with Crippen molar-refractivity contribution in [1.82, 2.24) is 9.97 Å². The Labute approximate surface area is 218 Å². The third-order valence-electron chi connectivity index (χ3n) is 5.95. The number of benzene rings is 3. The van der Waals surface area contributed by atoms with Gasteiger partial charge in [-0.1, -0.05) is 50.2 Å². The average Bonchev–Trinajstić information content (AvgIpc) is 3.33. The van der Waals surface area contributed by atoms with Crippen molar-refractivity contribution in [2.24, 2.45) is 5.92 Å². The molecule has 1 amide bonds. The summed E-state index contributed by atoms with van der Waals surface area (Å²) in [5.74, 6) is 1.33. The van der Waals surface area contributed by atoms with E-state index in [0.717, 1.165) is 28.6 Å². The van der Waals surface area contributed by atoms with E-state index in [1.807, 2.05) is 42.5 Å². The number of non-ortho nitro benzene ring substituents is 1. The van der Waals surface area contributed by atoms with Gasteiger partial charge in [0.1, 0.15) is 17.9 Å². The van der Waals surface area contributed by atoms with Crippen LogP contribution in [-0.2, 0) is 0 Å². The van der Waals surface area contributed by atoms with Gasteiger partial charge in [0.15, 0.2) is 0 Å². The normalized spacial score (nSPS) is 11.0. The van der Waals surface area contributed by atoms with Gasteiger partial charge < -0.3 is 15.1 Å². The maximum atomic E-state index is 12.7. The van der Waals surface area contributed by atoms with Crippen LogP contribution in [0, 0.1) is 16.0 Å². The Bertz CT molecular complexity index is 1610. The molecule has 0 atom stereocenters. The van der Waals surface area contributed by atoms with Crippen molar-refractivity contribution in [3.8, 4) is 22.5 Å². The van der Waals surface area contributed by atoms with Crippen molar-refractivity contribution < 1.29 is 14.1 Å². The third kappa shape index (κ3) is 5.08. The van der Waals surface area contributed by atoms with E-state index < -0.39 is 10.8 Å². The number of furan rings is 1. The molecule has 2 aromatic heterocycles. The molecule has 0 unspecified atom stereocenters. The Hall–Kier alpha value is -5.05. The van der Waals surface area contributed by atoms with E-state index in [1.165, 1.54) is 30.6 Å². The molecule has 0 saturated heterocycles. The summed E-state index contributed by atoms with van der Waals surface area (Å²) in [6.45, 7) is 5.01. The number of nitrogens with zero attached hydrogens (tertiary/aromatic N) is 3. The first-order chi connectivity index (χ1) is 18.4. The number of rotatable bonds is 8. The second-order valence-electron chi connectivity index (χ2n) is 9.19. The van der Waals surface area contributed by atoms with Crippen LogP contribution in [-0.4, -0.2) is 27.3 Å². The summed E-state index contributed by atoms with van der Waals surface area (Å²) in [6.07, 6.45) is 1.49. The molecule has 9 heteroatoms. The van der Waals surface area contributed by atoms with Crippen molar-refractivity contribution in [3.05, 3.63) is 101 Å². The number of amides is 1. The van der Waals surface area contributed by atoms with Gasteiger partial charge in [0.2, 0.25) is 5.71 Å². The lowest BCUT2D eigenvalue weighted by atomic mass is 9.99. The number of aromatic nitrogens is 2. The minimum Gasteiger partial charge on any atom is -0.437 e. The molecule has 0 aliphatic carbocycles. The van der Waals surface area contributed by atoms with Gasteiger partial charge in [0.25, 0.3) is 11.6 Å². The Balaban J connectivity index is 1.50. The number of anilines is 2. The summed E-state index contributed by atoms with van der Waals surface area (Å²) >= 11 is 0. The van der Waals surface area contributed by atoms with Gasteiger partial charge >= 0.3 is 0 Å². The maximum Gasteiger partial charge on any atom is 0.270 e. The van der Waals surface area contributed by atoms with E-state index in [1.54, 1.807) is 12.1 Å². The second-order valence-corrected chi connectivity index (χ2v) is 9.19. The zero-order valence-corrected chi connectivity index (χ0v) is 20.8. The largest absolute Gasteiger partial charge is 0.437 e. The molecular formula is C29H25N5O4. The molecule has 0 aliphatic heterocycles. The van der Waals surface area contributed by atoms with Crippen LogP contribution in [0.1, 0.15) is 24.2 Å². The van der Waals surface area contributed by atoms with Crippen molar-refractivity contribution >= 4 is 34.2 Å². The van der Waals surface area contributed by atoms with E-state index in [-0.39, 0.29) is 11.3 Å². The SMILES string of the molecule is CC(C)CNc1ncnc2oc(-c3ccc(NC(=O)c4cccc([N+](=O)[O-])c4)cc3)c(-c3ccccc3)c12. The molecule has 2 N–H and O–H groups in total. The molecule has 5 aromatic rings. The highest BCUT2D eigenvalue weighted by Crippen LogP contribution is 2.42. The molecular weight excluding hydrogens is 482 g/mol. The number of fused-ring (bicyclic) bond motifs is 1. The van der Waals surface area contributed by atoms with Gasteiger partial charge in [-0.25, -0.2) is 9.97 Å². The number of nitro groups is 1. The molecule has 190 valence electrons. The molecule has 0 saturated carbocycles. The first-order valence-electron chi connectivity index (χ1n) is 12.1. The van der Waals surface area contributed by atoms with Crippen molar-refractivity contribution in [1.29, 1.82) is 0 Å². The lowest BCUT2D eigenvalue weighted by Crippen LogP contribution is -2.11. The number of nitrogens with one attached hydrogen (secondary N) is 2. The van der Waals surface area contributed by atoms with Crippen LogP contribution < -0.4 is 10.6 Å². The van der Waals surface area contributed by atoms with Gasteiger partial charge in [0, 0.05) is 41.1 Å². The van der Waals surface area contributed by atoms with Crippen LogP contribution in [0.25, 0.3) is 33.6 Å². The van der Waals surface area contributed by atoms with E-state index in [9.17, 15) is 14.9 Å². The topological polar surface area (TPSA) is 123 Å². The summed E-state index contributed by atoms with van der Waals surface area (Å²) in [5.41, 5.74) is 3.71. The minimum atomic E-state index is -0.530. The van der Waals surface area contributed by atoms with Crippen LogP contribution >= 0.6 is 0 Å². The van der Waals surface area contributed by atoms with Crippen molar-refractivity contribution in [2.45, 2.75) is 13.8 Å². The summed E-state index contributed by atoms with van der Waals surface area (Å²) in [5, 5.41) is 18.1. The Morgan fingerprint density at radius 3 is 2.45 bits per heavy atom. The quantitative estimate of drug-likeness (QED) is 0.175. The van der Waals surface area contributed by atoms with Crippen LogP contribution in [0.4, 0.5) is 17.2 Å². The highest BCUT2D eigenvalue weighted by molar-refractivity contribution is 6.06. The van der Waals surface area contributed by atoms with Gasteiger partial charge in [-0.2, -0.15) is 0 Å². The molecule has 0 aliphatic rings. The Morgan fingerprint density at radius 2 is 1.74 bits per heavy atom. The number of carbonyl (C=O) groups is 1. The molecule has 0 spiro atoms. The smallest absolute Gasteiger partial charge is 0.270 e. The monoisotopic (exact) mass is 507 g/mol. The second kappa shape index (κ2) is 10.5.